The van der Waals surface area contributed by atoms with Gasteiger partial charge in [-0.25, -0.2) is 0 Å². The zero-order valence-electron chi connectivity index (χ0n) is 9.88. The molecule has 19 heavy (non-hydrogen) atoms. The molecular formula is C10H10ClF3O4S. The number of methoxy groups -OCH3 is 1. The van der Waals surface area contributed by atoms with Crippen molar-refractivity contribution in [3.05, 3.63) is 27.8 Å². The Hall–Kier alpha value is -0.830. The van der Waals surface area contributed by atoms with Crippen LogP contribution in [0.3, 0.4) is 0 Å². The topological polar surface area (TPSA) is 63.6 Å². The molecule has 9 heteroatoms. The Balaban J connectivity index is 3.74. The average Bonchev–Trinajstić information content (AvgIpc) is 2.21. The molecule has 0 bridgehead atoms. The normalized spacial score (nSPS) is 12.8. The van der Waals surface area contributed by atoms with Gasteiger partial charge in [-0.1, -0.05) is 11.6 Å². The van der Waals surface area contributed by atoms with E-state index in [2.05, 4.69) is 4.74 Å². The molecule has 0 saturated heterocycles. The van der Waals surface area contributed by atoms with Gasteiger partial charge in [0.1, 0.15) is 4.90 Å². The Kier molecular flexibility index (Phi) is 4.51. The SMILES string of the molecule is COCc1c(C(F)(F)F)cc(S(=O)(=O)O)c(Cl)c1C. The van der Waals surface area contributed by atoms with Gasteiger partial charge in [0.2, 0.25) is 0 Å². The second-order valence-corrected chi connectivity index (χ2v) is 5.51. The van der Waals surface area contributed by atoms with E-state index in [9.17, 15) is 21.6 Å². The first kappa shape index (κ1) is 16.2. The highest BCUT2D eigenvalue weighted by Gasteiger charge is 2.36. The third-order valence-corrected chi connectivity index (χ3v) is 3.95. The Morgan fingerprint density at radius 2 is 1.95 bits per heavy atom. The smallest absolute Gasteiger partial charge is 0.380 e. The van der Waals surface area contributed by atoms with Crippen molar-refractivity contribution < 1.29 is 30.9 Å². The monoisotopic (exact) mass is 318 g/mol. The van der Waals surface area contributed by atoms with Gasteiger partial charge in [-0.3, -0.25) is 4.55 Å². The molecule has 0 aliphatic heterocycles. The maximum atomic E-state index is 12.9. The molecule has 0 aliphatic rings. The maximum absolute atomic E-state index is 12.9. The van der Waals surface area contributed by atoms with Gasteiger partial charge in [-0.05, 0) is 24.1 Å². The number of rotatable bonds is 3. The van der Waals surface area contributed by atoms with Crippen molar-refractivity contribution in [3.8, 4) is 0 Å². The minimum Gasteiger partial charge on any atom is -0.380 e. The first-order chi connectivity index (χ1) is 8.50. The van der Waals surface area contributed by atoms with E-state index >= 15 is 0 Å². The molecule has 1 N–H and O–H groups in total. The van der Waals surface area contributed by atoms with E-state index < -0.39 is 31.8 Å². The van der Waals surface area contributed by atoms with E-state index in [0.717, 1.165) is 0 Å². The summed E-state index contributed by atoms with van der Waals surface area (Å²) in [5.74, 6) is 0. The van der Waals surface area contributed by atoms with E-state index in [0.29, 0.717) is 6.07 Å². The zero-order chi connectivity index (χ0) is 15.0. The van der Waals surface area contributed by atoms with E-state index in [1.54, 1.807) is 0 Å². The highest BCUT2D eigenvalue weighted by molar-refractivity contribution is 7.86. The van der Waals surface area contributed by atoms with Crippen molar-refractivity contribution in [2.24, 2.45) is 0 Å². The molecule has 1 aromatic rings. The van der Waals surface area contributed by atoms with E-state index in [1.165, 1.54) is 14.0 Å². The Bertz CT molecular complexity index is 596. The molecule has 0 spiro atoms. The summed E-state index contributed by atoms with van der Waals surface area (Å²) in [5, 5.41) is -0.456. The van der Waals surface area contributed by atoms with Crippen LogP contribution in [0.1, 0.15) is 16.7 Å². The standard InChI is InChI=1S/C10H10ClF3O4S/c1-5-6(4-18-2)7(10(12,13)14)3-8(9(5)11)19(15,16)17/h3H,4H2,1-2H3,(H,15,16,17). The third kappa shape index (κ3) is 3.38. The van der Waals surface area contributed by atoms with Crippen LogP contribution in [0, 0.1) is 6.92 Å². The number of ether oxygens (including phenoxy) is 1. The van der Waals surface area contributed by atoms with Crippen LogP contribution in [0.15, 0.2) is 11.0 Å². The Labute approximate surface area is 112 Å². The third-order valence-electron chi connectivity index (χ3n) is 2.47. The summed E-state index contributed by atoms with van der Waals surface area (Å²) in [6.07, 6.45) is -4.79. The molecule has 0 unspecified atom stereocenters. The lowest BCUT2D eigenvalue weighted by atomic mass is 10.0. The number of hydrogen-bond acceptors (Lipinski definition) is 3. The number of benzene rings is 1. The summed E-state index contributed by atoms with van der Waals surface area (Å²) >= 11 is 5.68. The lowest BCUT2D eigenvalue weighted by Gasteiger charge is -2.17. The summed E-state index contributed by atoms with van der Waals surface area (Å²) in [4.78, 5) is -0.973. The lowest BCUT2D eigenvalue weighted by molar-refractivity contribution is -0.139. The molecular weight excluding hydrogens is 309 g/mol. The molecule has 0 saturated carbocycles. The first-order valence-corrected chi connectivity index (χ1v) is 6.67. The molecule has 0 aliphatic carbocycles. The molecule has 0 radical (unpaired) electrons. The number of halogens is 4. The zero-order valence-corrected chi connectivity index (χ0v) is 11.4. The van der Waals surface area contributed by atoms with Gasteiger partial charge in [0.25, 0.3) is 10.1 Å². The van der Waals surface area contributed by atoms with E-state index in [4.69, 9.17) is 16.2 Å². The van der Waals surface area contributed by atoms with Crippen LogP contribution in [0.4, 0.5) is 13.2 Å². The molecule has 0 heterocycles. The van der Waals surface area contributed by atoms with Crippen LogP contribution in [-0.2, 0) is 27.6 Å². The van der Waals surface area contributed by atoms with E-state index in [-0.39, 0.29) is 17.7 Å². The number of hydrogen-bond donors (Lipinski definition) is 1. The van der Waals surface area contributed by atoms with Crippen molar-refractivity contribution in [2.45, 2.75) is 24.6 Å². The van der Waals surface area contributed by atoms with E-state index in [1.807, 2.05) is 0 Å². The van der Waals surface area contributed by atoms with Crippen LogP contribution in [0.25, 0.3) is 0 Å². The largest absolute Gasteiger partial charge is 0.416 e. The minimum absolute atomic E-state index is 0.106. The average molecular weight is 319 g/mol. The second-order valence-electron chi connectivity index (χ2n) is 3.75. The minimum atomic E-state index is -4.84. The first-order valence-electron chi connectivity index (χ1n) is 4.85. The Morgan fingerprint density at radius 1 is 1.42 bits per heavy atom. The quantitative estimate of drug-likeness (QED) is 0.870. The van der Waals surface area contributed by atoms with Gasteiger partial charge in [0.15, 0.2) is 0 Å². The molecule has 0 amide bonds. The molecule has 1 aromatic carbocycles. The van der Waals surface area contributed by atoms with Crippen LogP contribution < -0.4 is 0 Å². The van der Waals surface area contributed by atoms with Crippen molar-refractivity contribution in [1.82, 2.24) is 0 Å². The van der Waals surface area contributed by atoms with Crippen molar-refractivity contribution in [1.29, 1.82) is 0 Å². The summed E-state index contributed by atoms with van der Waals surface area (Å²) in [6.45, 7) is 0.840. The van der Waals surface area contributed by atoms with Crippen molar-refractivity contribution >= 4 is 21.7 Å². The number of alkyl halides is 3. The van der Waals surface area contributed by atoms with Crippen LogP contribution in [0.2, 0.25) is 5.02 Å². The predicted octanol–water partition coefficient (Wildman–Crippen LogP) is 3.06. The van der Waals surface area contributed by atoms with Gasteiger partial charge in [0, 0.05) is 7.11 Å². The summed E-state index contributed by atoms with van der Waals surface area (Å²) in [5.41, 5.74) is -1.58. The molecule has 1 rings (SSSR count). The fraction of sp³-hybridized carbons (Fsp3) is 0.400. The van der Waals surface area contributed by atoms with Gasteiger partial charge < -0.3 is 4.74 Å². The van der Waals surface area contributed by atoms with Crippen molar-refractivity contribution in [2.75, 3.05) is 7.11 Å². The van der Waals surface area contributed by atoms with Crippen LogP contribution in [-0.4, -0.2) is 20.1 Å². The van der Waals surface area contributed by atoms with Gasteiger partial charge in [-0.2, -0.15) is 21.6 Å². The highest BCUT2D eigenvalue weighted by atomic mass is 35.5. The van der Waals surface area contributed by atoms with Crippen LogP contribution >= 0.6 is 11.6 Å². The maximum Gasteiger partial charge on any atom is 0.416 e. The molecule has 4 nitrogen and oxygen atoms in total. The second kappa shape index (κ2) is 5.28. The predicted molar refractivity (Wildman–Crippen MR) is 61.7 cm³/mol. The van der Waals surface area contributed by atoms with Crippen LogP contribution in [0.5, 0.6) is 0 Å². The highest BCUT2D eigenvalue weighted by Crippen LogP contribution is 2.39. The summed E-state index contributed by atoms with van der Waals surface area (Å²) < 4.78 is 74.2. The molecule has 0 atom stereocenters. The molecule has 0 aromatic heterocycles. The summed E-state index contributed by atoms with van der Waals surface area (Å²) in [6, 6.07) is 0.305. The Morgan fingerprint density at radius 3 is 2.32 bits per heavy atom. The molecule has 0 fully saturated rings. The van der Waals surface area contributed by atoms with Crippen molar-refractivity contribution in [3.63, 3.8) is 0 Å². The van der Waals surface area contributed by atoms with Gasteiger partial charge >= 0.3 is 6.18 Å². The fourth-order valence-corrected chi connectivity index (χ4v) is 2.68. The van der Waals surface area contributed by atoms with Gasteiger partial charge in [0.05, 0.1) is 17.2 Å². The summed E-state index contributed by atoms with van der Waals surface area (Å²) in [7, 11) is -3.64. The fourth-order valence-electron chi connectivity index (χ4n) is 1.57. The lowest BCUT2D eigenvalue weighted by Crippen LogP contribution is -2.14. The molecule has 108 valence electrons. The van der Waals surface area contributed by atoms with Gasteiger partial charge in [-0.15, -0.1) is 0 Å².